The molecule has 0 fully saturated rings. The Labute approximate surface area is 128 Å². The molecule has 9 heteroatoms. The van der Waals surface area contributed by atoms with Crippen LogP contribution in [0, 0.1) is 16.4 Å². The highest BCUT2D eigenvalue weighted by Crippen LogP contribution is 2.34. The average Bonchev–Trinajstić information content (AvgIpc) is 3.18. The first-order valence-corrected chi connectivity index (χ1v) is 7.05. The molecule has 0 atom stereocenters. The van der Waals surface area contributed by atoms with Crippen LogP contribution < -0.4 is 0 Å². The van der Waals surface area contributed by atoms with Gasteiger partial charge in [-0.3, -0.25) is 0 Å². The summed E-state index contributed by atoms with van der Waals surface area (Å²) in [6.45, 7) is 0. The second-order valence-corrected chi connectivity index (χ2v) is 5.57. The summed E-state index contributed by atoms with van der Waals surface area (Å²) in [5.74, 6) is -1.23. The zero-order valence-corrected chi connectivity index (χ0v) is 12.0. The molecule has 0 saturated heterocycles. The van der Waals surface area contributed by atoms with Crippen molar-refractivity contribution in [2.75, 3.05) is 0 Å². The minimum atomic E-state index is -0.824. The number of nitrogens with one attached hydrogen (secondary N) is 2. The number of rotatable bonds is 2. The molecule has 2 aromatic heterocycles. The van der Waals surface area contributed by atoms with Gasteiger partial charge in [-0.15, -0.1) is 10.2 Å². The molecule has 0 amide bonds. The van der Waals surface area contributed by atoms with Crippen LogP contribution in [0.3, 0.4) is 0 Å². The van der Waals surface area contributed by atoms with E-state index < -0.39 is 11.6 Å². The van der Waals surface area contributed by atoms with Gasteiger partial charge in [0.15, 0.2) is 16.4 Å². The van der Waals surface area contributed by atoms with Crippen molar-refractivity contribution in [1.82, 2.24) is 30.2 Å². The Hall–Kier alpha value is -2.42. The first-order valence-electron chi connectivity index (χ1n) is 6.64. The van der Waals surface area contributed by atoms with Crippen molar-refractivity contribution in [3.8, 4) is 11.5 Å². The van der Waals surface area contributed by atoms with Crippen molar-refractivity contribution in [2.24, 2.45) is 0 Å². The van der Waals surface area contributed by atoms with Gasteiger partial charge in [0.25, 0.3) is 0 Å². The number of aromatic amines is 2. The van der Waals surface area contributed by atoms with Crippen molar-refractivity contribution < 1.29 is 8.78 Å². The number of imidazole rings is 1. The summed E-state index contributed by atoms with van der Waals surface area (Å²) >= 11 is 5.32. The van der Waals surface area contributed by atoms with Crippen LogP contribution in [0.15, 0.2) is 18.3 Å². The van der Waals surface area contributed by atoms with E-state index in [4.69, 9.17) is 12.2 Å². The second kappa shape index (κ2) is 4.80. The van der Waals surface area contributed by atoms with Gasteiger partial charge in [0.1, 0.15) is 5.69 Å². The molecule has 22 heavy (non-hydrogen) atoms. The molecule has 0 radical (unpaired) electrons. The molecular weight excluding hydrogens is 310 g/mol. The molecule has 1 aliphatic rings. The number of hydrogen-bond donors (Lipinski definition) is 2. The van der Waals surface area contributed by atoms with Gasteiger partial charge in [-0.05, 0) is 53.5 Å². The van der Waals surface area contributed by atoms with Crippen LogP contribution >= 0.6 is 12.2 Å². The van der Waals surface area contributed by atoms with Crippen molar-refractivity contribution >= 4 is 12.2 Å². The van der Waals surface area contributed by atoms with Crippen molar-refractivity contribution in [3.63, 3.8) is 0 Å². The number of nitrogens with zero attached hydrogens (tertiary/aromatic N) is 4. The summed E-state index contributed by atoms with van der Waals surface area (Å²) in [6.07, 6.45) is 2.85. The lowest BCUT2D eigenvalue weighted by Gasteiger charge is -2.13. The van der Waals surface area contributed by atoms with Crippen LogP contribution in [0.4, 0.5) is 8.78 Å². The average molecular weight is 320 g/mol. The van der Waals surface area contributed by atoms with Crippen molar-refractivity contribution in [3.05, 3.63) is 45.9 Å². The molecule has 1 aromatic carbocycles. The SMILES string of the molecule is Fc1cc2c(cc1F)CC(n1c(-c3nn[nH]n3)c[nH]c1=S)C2. The van der Waals surface area contributed by atoms with E-state index >= 15 is 0 Å². The van der Waals surface area contributed by atoms with Crippen molar-refractivity contribution in [1.29, 1.82) is 0 Å². The van der Waals surface area contributed by atoms with E-state index in [0.717, 1.165) is 11.1 Å². The van der Waals surface area contributed by atoms with E-state index in [1.165, 1.54) is 12.1 Å². The number of tetrazole rings is 1. The number of hydrogen-bond acceptors (Lipinski definition) is 4. The van der Waals surface area contributed by atoms with Crippen LogP contribution in [-0.4, -0.2) is 30.2 Å². The summed E-state index contributed by atoms with van der Waals surface area (Å²) < 4.78 is 29.2. The maximum Gasteiger partial charge on any atom is 0.222 e. The fourth-order valence-electron chi connectivity index (χ4n) is 2.96. The molecule has 0 unspecified atom stereocenters. The molecule has 0 spiro atoms. The van der Waals surface area contributed by atoms with E-state index in [-0.39, 0.29) is 6.04 Å². The Morgan fingerprint density at radius 2 is 1.86 bits per heavy atom. The molecule has 0 bridgehead atoms. The topological polar surface area (TPSA) is 75.2 Å². The summed E-state index contributed by atoms with van der Waals surface area (Å²) in [7, 11) is 0. The number of fused-ring (bicyclic) bond motifs is 1. The van der Waals surface area contributed by atoms with E-state index in [9.17, 15) is 8.78 Å². The molecule has 112 valence electrons. The highest BCUT2D eigenvalue weighted by molar-refractivity contribution is 7.71. The fraction of sp³-hybridized carbons (Fsp3) is 0.231. The zero-order chi connectivity index (χ0) is 15.3. The Morgan fingerprint density at radius 3 is 2.45 bits per heavy atom. The standard InChI is InChI=1S/C13H10F2N6S/c14-9-3-6-1-8(2-7(6)4-10(9)15)21-11(5-16-13(21)22)12-17-19-20-18-12/h3-5,8H,1-2H2,(H,16,22)(H,17,18,19,20). The lowest BCUT2D eigenvalue weighted by Crippen LogP contribution is -2.11. The summed E-state index contributed by atoms with van der Waals surface area (Å²) in [5.41, 5.74) is 2.29. The van der Waals surface area contributed by atoms with Crippen LogP contribution in [0.25, 0.3) is 11.5 Å². The second-order valence-electron chi connectivity index (χ2n) is 5.18. The van der Waals surface area contributed by atoms with Gasteiger partial charge < -0.3 is 9.55 Å². The quantitative estimate of drug-likeness (QED) is 0.711. The highest BCUT2D eigenvalue weighted by Gasteiger charge is 2.27. The number of benzene rings is 1. The number of halogens is 2. The third kappa shape index (κ3) is 1.97. The van der Waals surface area contributed by atoms with Gasteiger partial charge in [-0.2, -0.15) is 5.21 Å². The third-order valence-corrected chi connectivity index (χ3v) is 4.22. The monoisotopic (exact) mass is 320 g/mol. The van der Waals surface area contributed by atoms with Gasteiger partial charge >= 0.3 is 0 Å². The molecule has 2 N–H and O–H groups in total. The molecule has 4 rings (SSSR count). The van der Waals surface area contributed by atoms with Gasteiger partial charge in [0.05, 0.1) is 0 Å². The van der Waals surface area contributed by atoms with E-state index in [0.29, 0.717) is 29.1 Å². The van der Waals surface area contributed by atoms with Crippen molar-refractivity contribution in [2.45, 2.75) is 18.9 Å². The Bertz CT molecular complexity index is 867. The highest BCUT2D eigenvalue weighted by atomic mass is 32.1. The van der Waals surface area contributed by atoms with Gasteiger partial charge in [-0.25, -0.2) is 8.78 Å². The van der Waals surface area contributed by atoms with E-state index in [2.05, 4.69) is 25.6 Å². The third-order valence-electron chi connectivity index (χ3n) is 3.90. The summed E-state index contributed by atoms with van der Waals surface area (Å²) in [5, 5.41) is 13.8. The number of H-pyrrole nitrogens is 2. The first kappa shape index (κ1) is 13.3. The Morgan fingerprint density at radius 1 is 1.18 bits per heavy atom. The summed E-state index contributed by atoms with van der Waals surface area (Å²) in [6, 6.07) is 2.48. The first-order chi connectivity index (χ1) is 10.6. The van der Waals surface area contributed by atoms with E-state index in [1.54, 1.807) is 6.20 Å². The van der Waals surface area contributed by atoms with Gasteiger partial charge in [0, 0.05) is 12.2 Å². The van der Waals surface area contributed by atoms with Gasteiger partial charge in [0.2, 0.25) is 5.82 Å². The predicted octanol–water partition coefficient (Wildman–Crippen LogP) is 2.34. The lowest BCUT2D eigenvalue weighted by atomic mass is 10.1. The zero-order valence-electron chi connectivity index (χ0n) is 11.2. The molecule has 1 aliphatic carbocycles. The maximum absolute atomic E-state index is 13.4. The fourth-order valence-corrected chi connectivity index (χ4v) is 3.26. The molecule has 0 saturated carbocycles. The maximum atomic E-state index is 13.4. The van der Waals surface area contributed by atoms with E-state index in [1.807, 2.05) is 4.57 Å². The smallest absolute Gasteiger partial charge is 0.222 e. The lowest BCUT2D eigenvalue weighted by molar-refractivity contribution is 0.507. The predicted molar refractivity (Wildman–Crippen MR) is 75.6 cm³/mol. The molecule has 0 aliphatic heterocycles. The Kier molecular flexibility index (Phi) is 2.89. The molecule has 3 aromatic rings. The van der Waals surface area contributed by atoms with Crippen LogP contribution in [0.1, 0.15) is 17.2 Å². The molecular formula is C13H10F2N6S. The molecule has 2 heterocycles. The molecule has 6 nitrogen and oxygen atoms in total. The Balaban J connectivity index is 1.76. The summed E-state index contributed by atoms with van der Waals surface area (Å²) in [4.78, 5) is 2.96. The van der Waals surface area contributed by atoms with Crippen LogP contribution in [0.5, 0.6) is 0 Å². The van der Waals surface area contributed by atoms with Crippen LogP contribution in [0.2, 0.25) is 0 Å². The minimum absolute atomic E-state index is 0.0385. The largest absolute Gasteiger partial charge is 0.337 e. The number of aromatic nitrogens is 6. The normalized spacial score (nSPS) is 14.5. The van der Waals surface area contributed by atoms with Crippen LogP contribution in [-0.2, 0) is 12.8 Å². The van der Waals surface area contributed by atoms with Gasteiger partial charge in [-0.1, -0.05) is 0 Å². The minimum Gasteiger partial charge on any atom is -0.337 e.